The number of benzene rings is 1. The molecular weight excluding hydrogens is 361 g/mol. The van der Waals surface area contributed by atoms with Crippen molar-refractivity contribution in [3.05, 3.63) is 30.1 Å². The van der Waals surface area contributed by atoms with Crippen LogP contribution in [0.5, 0.6) is 0 Å². The van der Waals surface area contributed by atoms with Crippen molar-refractivity contribution in [2.24, 2.45) is 11.3 Å². The summed E-state index contributed by atoms with van der Waals surface area (Å²) in [6.07, 6.45) is 3.20. The summed E-state index contributed by atoms with van der Waals surface area (Å²) in [6, 6.07) is 6.47. The first-order valence-corrected chi connectivity index (χ1v) is 10.2. The standard InChI is InChI=1S/C21H28FN3O3/c22-17-3-5-18(6-4-17)24-10-12-25(13-11-24)19(26)7-9-23-14-16-2-1-8-21(16,15-23)20(27)28/h3-6,16H,1-2,7-15H2,(H,27,28)/t16-,21+/m0/s1. The Bertz CT molecular complexity index is 733. The molecule has 152 valence electrons. The third kappa shape index (κ3) is 3.60. The van der Waals surface area contributed by atoms with Gasteiger partial charge in [0, 0.05) is 57.9 Å². The summed E-state index contributed by atoms with van der Waals surface area (Å²) in [6.45, 7) is 4.84. The molecule has 1 aromatic carbocycles. The van der Waals surface area contributed by atoms with Gasteiger partial charge in [0.05, 0.1) is 5.41 Å². The van der Waals surface area contributed by atoms with E-state index >= 15 is 0 Å². The summed E-state index contributed by atoms with van der Waals surface area (Å²) < 4.78 is 13.1. The van der Waals surface area contributed by atoms with E-state index in [1.807, 2.05) is 4.90 Å². The molecule has 1 N–H and O–H groups in total. The molecule has 3 aliphatic rings. The fourth-order valence-electron chi connectivity index (χ4n) is 5.19. The Hall–Kier alpha value is -2.15. The molecule has 7 heteroatoms. The molecule has 28 heavy (non-hydrogen) atoms. The van der Waals surface area contributed by atoms with Crippen molar-refractivity contribution in [3.63, 3.8) is 0 Å². The van der Waals surface area contributed by atoms with E-state index in [0.29, 0.717) is 32.6 Å². The zero-order chi connectivity index (χ0) is 19.7. The molecule has 0 spiro atoms. The second-order valence-electron chi connectivity index (χ2n) is 8.38. The molecule has 0 radical (unpaired) electrons. The molecule has 2 atom stereocenters. The molecule has 2 heterocycles. The van der Waals surface area contributed by atoms with E-state index < -0.39 is 11.4 Å². The third-order valence-corrected chi connectivity index (χ3v) is 6.83. The number of likely N-dealkylation sites (tertiary alicyclic amines) is 1. The number of carbonyl (C=O) groups is 2. The van der Waals surface area contributed by atoms with E-state index in [0.717, 1.165) is 44.6 Å². The fourth-order valence-corrected chi connectivity index (χ4v) is 5.19. The molecule has 4 rings (SSSR count). The van der Waals surface area contributed by atoms with Gasteiger partial charge in [-0.05, 0) is 43.0 Å². The summed E-state index contributed by atoms with van der Waals surface area (Å²) in [4.78, 5) is 30.6. The maximum atomic E-state index is 13.1. The van der Waals surface area contributed by atoms with Crippen LogP contribution in [0.15, 0.2) is 24.3 Å². The molecule has 2 aliphatic heterocycles. The Balaban J connectivity index is 1.24. The number of carboxylic acids is 1. The number of carboxylic acid groups (broad SMARTS) is 1. The first-order valence-electron chi connectivity index (χ1n) is 10.2. The molecule has 0 aromatic heterocycles. The van der Waals surface area contributed by atoms with Gasteiger partial charge >= 0.3 is 5.97 Å². The highest BCUT2D eigenvalue weighted by Crippen LogP contribution is 2.48. The first-order chi connectivity index (χ1) is 13.5. The Kier molecular flexibility index (Phi) is 5.27. The number of fused-ring (bicyclic) bond motifs is 1. The van der Waals surface area contributed by atoms with Gasteiger partial charge in [0.15, 0.2) is 0 Å². The molecule has 1 aliphatic carbocycles. The van der Waals surface area contributed by atoms with Crippen LogP contribution in [0.25, 0.3) is 0 Å². The van der Waals surface area contributed by atoms with Gasteiger partial charge in [0.1, 0.15) is 5.82 Å². The lowest BCUT2D eigenvalue weighted by molar-refractivity contribution is -0.149. The van der Waals surface area contributed by atoms with Crippen LogP contribution < -0.4 is 4.90 Å². The number of hydrogen-bond acceptors (Lipinski definition) is 4. The van der Waals surface area contributed by atoms with Crippen LogP contribution in [0.2, 0.25) is 0 Å². The topological polar surface area (TPSA) is 64.1 Å². The average molecular weight is 389 g/mol. The predicted molar refractivity (Wildman–Crippen MR) is 104 cm³/mol. The SMILES string of the molecule is O=C(CCN1C[C@@H]2CCC[C@@]2(C(=O)O)C1)N1CCN(c2ccc(F)cc2)CC1. The minimum atomic E-state index is -0.666. The number of aliphatic carboxylic acids is 1. The van der Waals surface area contributed by atoms with Crippen LogP contribution in [-0.4, -0.2) is 72.6 Å². The third-order valence-electron chi connectivity index (χ3n) is 6.83. The quantitative estimate of drug-likeness (QED) is 0.835. The van der Waals surface area contributed by atoms with Crippen LogP contribution in [0.4, 0.5) is 10.1 Å². The largest absolute Gasteiger partial charge is 0.481 e. The second kappa shape index (κ2) is 7.70. The minimum absolute atomic E-state index is 0.139. The number of halogens is 1. The van der Waals surface area contributed by atoms with Crippen molar-refractivity contribution >= 4 is 17.6 Å². The van der Waals surface area contributed by atoms with Gasteiger partial charge in [-0.15, -0.1) is 0 Å². The van der Waals surface area contributed by atoms with Gasteiger partial charge in [-0.3, -0.25) is 9.59 Å². The molecule has 1 saturated carbocycles. The lowest BCUT2D eigenvalue weighted by Gasteiger charge is -2.36. The zero-order valence-electron chi connectivity index (χ0n) is 16.1. The molecule has 3 fully saturated rings. The van der Waals surface area contributed by atoms with E-state index in [4.69, 9.17) is 0 Å². The normalized spacial score (nSPS) is 27.8. The second-order valence-corrected chi connectivity index (χ2v) is 8.38. The molecule has 0 bridgehead atoms. The van der Waals surface area contributed by atoms with Gasteiger partial charge in [-0.25, -0.2) is 4.39 Å². The molecule has 1 aromatic rings. The van der Waals surface area contributed by atoms with E-state index in [9.17, 15) is 19.1 Å². The number of anilines is 1. The maximum absolute atomic E-state index is 13.1. The molecule has 6 nitrogen and oxygen atoms in total. The van der Waals surface area contributed by atoms with E-state index in [1.165, 1.54) is 12.1 Å². The van der Waals surface area contributed by atoms with Crippen LogP contribution >= 0.6 is 0 Å². The number of rotatable bonds is 5. The van der Waals surface area contributed by atoms with Crippen LogP contribution in [0, 0.1) is 17.2 Å². The number of carbonyl (C=O) groups excluding carboxylic acids is 1. The summed E-state index contributed by atoms with van der Waals surface area (Å²) in [5, 5.41) is 9.68. The molecule has 1 amide bonds. The van der Waals surface area contributed by atoms with E-state index in [2.05, 4.69) is 9.80 Å². The van der Waals surface area contributed by atoms with Gasteiger partial charge in [-0.1, -0.05) is 6.42 Å². The Morgan fingerprint density at radius 3 is 2.50 bits per heavy atom. The van der Waals surface area contributed by atoms with Crippen LogP contribution in [0.1, 0.15) is 25.7 Å². The van der Waals surface area contributed by atoms with Crippen molar-refractivity contribution in [2.45, 2.75) is 25.7 Å². The molecular formula is C21H28FN3O3. The Morgan fingerprint density at radius 2 is 1.86 bits per heavy atom. The van der Waals surface area contributed by atoms with E-state index in [-0.39, 0.29) is 17.6 Å². The molecule has 2 saturated heterocycles. The first kappa shape index (κ1) is 19.2. The fraction of sp³-hybridized carbons (Fsp3) is 0.619. The number of piperazine rings is 1. The number of amides is 1. The maximum Gasteiger partial charge on any atom is 0.311 e. The summed E-state index contributed by atoms with van der Waals surface area (Å²) in [5.74, 6) is -0.534. The van der Waals surface area contributed by atoms with Crippen molar-refractivity contribution in [3.8, 4) is 0 Å². The lowest BCUT2D eigenvalue weighted by Crippen LogP contribution is -2.49. The highest BCUT2D eigenvalue weighted by atomic mass is 19.1. The minimum Gasteiger partial charge on any atom is -0.481 e. The summed E-state index contributed by atoms with van der Waals surface area (Å²) in [5.41, 5.74) is 0.403. The van der Waals surface area contributed by atoms with Crippen molar-refractivity contribution in [2.75, 3.05) is 50.7 Å². The average Bonchev–Trinajstić information content (AvgIpc) is 3.25. The lowest BCUT2D eigenvalue weighted by atomic mass is 9.81. The Labute approximate surface area is 164 Å². The zero-order valence-corrected chi connectivity index (χ0v) is 16.1. The number of hydrogen-bond donors (Lipinski definition) is 1. The number of nitrogens with zero attached hydrogens (tertiary/aromatic N) is 3. The highest BCUT2D eigenvalue weighted by molar-refractivity contribution is 5.77. The van der Waals surface area contributed by atoms with Crippen molar-refractivity contribution in [1.82, 2.24) is 9.80 Å². The Morgan fingerprint density at radius 1 is 1.14 bits per heavy atom. The summed E-state index contributed by atoms with van der Waals surface area (Å²) in [7, 11) is 0. The van der Waals surface area contributed by atoms with Gasteiger partial charge in [0.25, 0.3) is 0 Å². The monoisotopic (exact) mass is 389 g/mol. The van der Waals surface area contributed by atoms with Crippen molar-refractivity contribution in [1.29, 1.82) is 0 Å². The van der Waals surface area contributed by atoms with Crippen LogP contribution in [-0.2, 0) is 9.59 Å². The van der Waals surface area contributed by atoms with Gasteiger partial charge in [-0.2, -0.15) is 0 Å². The predicted octanol–water partition coefficient (Wildman–Crippen LogP) is 2.05. The van der Waals surface area contributed by atoms with Crippen molar-refractivity contribution < 1.29 is 19.1 Å². The van der Waals surface area contributed by atoms with E-state index in [1.54, 1.807) is 12.1 Å². The molecule has 0 unspecified atom stereocenters. The van der Waals surface area contributed by atoms with Gasteiger partial charge in [0.2, 0.25) is 5.91 Å². The van der Waals surface area contributed by atoms with Crippen LogP contribution in [0.3, 0.4) is 0 Å². The highest BCUT2D eigenvalue weighted by Gasteiger charge is 2.54. The smallest absolute Gasteiger partial charge is 0.311 e. The summed E-state index contributed by atoms with van der Waals surface area (Å²) >= 11 is 0. The van der Waals surface area contributed by atoms with Gasteiger partial charge < -0.3 is 19.8 Å².